The molecule has 0 radical (unpaired) electrons. The van der Waals surface area contributed by atoms with Gasteiger partial charge < -0.3 is 0 Å². The van der Waals surface area contributed by atoms with Gasteiger partial charge in [-0.25, -0.2) is 4.39 Å². The monoisotopic (exact) mass is 132 g/mol. The van der Waals surface area contributed by atoms with Crippen molar-refractivity contribution in [3.05, 3.63) is 0 Å². The number of hydrogen-bond acceptors (Lipinski definition) is 2. The highest BCUT2D eigenvalue weighted by Gasteiger charge is 2.06. The molecule has 0 amide bonds. The lowest BCUT2D eigenvalue weighted by Crippen LogP contribution is -2.08. The maximum Gasteiger partial charge on any atom is 0.207 e. The lowest BCUT2D eigenvalue weighted by atomic mass is 10.1. The molecule has 9 heavy (non-hydrogen) atoms. The third kappa shape index (κ3) is 7.53. The van der Waals surface area contributed by atoms with Gasteiger partial charge in [-0.2, -0.15) is 10.2 Å². The lowest BCUT2D eigenvalue weighted by Gasteiger charge is -2.08. The highest BCUT2D eigenvalue weighted by atomic mass is 19.1. The first-order valence-electron chi connectivity index (χ1n) is 2.98. The average molecular weight is 132 g/mol. The first-order valence-corrected chi connectivity index (χ1v) is 2.98. The van der Waals surface area contributed by atoms with E-state index in [0.29, 0.717) is 0 Å². The molecule has 0 fully saturated rings. The molecule has 54 valence electrons. The van der Waals surface area contributed by atoms with Crippen molar-refractivity contribution in [2.75, 3.05) is 0 Å². The Morgan fingerprint density at radius 2 is 1.78 bits per heavy atom. The first-order chi connectivity index (χ1) is 3.92. The fraction of sp³-hybridized carbons (Fsp3) is 1.00. The molecule has 0 aromatic rings. The number of rotatable bonds is 1. The highest BCUT2D eigenvalue weighted by molar-refractivity contribution is 4.66. The van der Waals surface area contributed by atoms with E-state index in [1.807, 2.05) is 20.8 Å². The zero-order valence-corrected chi connectivity index (χ0v) is 6.35. The predicted octanol–water partition coefficient (Wildman–Crippen LogP) is 2.55. The Balaban J connectivity index is 3.71. The molecular formula is C6H13FN2. The summed E-state index contributed by atoms with van der Waals surface area (Å²) in [4.78, 5) is 0. The molecule has 0 aliphatic carbocycles. The molecule has 0 heterocycles. The van der Waals surface area contributed by atoms with Crippen molar-refractivity contribution >= 4 is 0 Å². The van der Waals surface area contributed by atoms with E-state index in [1.165, 1.54) is 6.92 Å². The Labute approximate surface area is 55.2 Å². The van der Waals surface area contributed by atoms with Crippen LogP contribution in [0.3, 0.4) is 0 Å². The largest absolute Gasteiger partial charge is 0.220 e. The zero-order valence-electron chi connectivity index (χ0n) is 6.35. The smallest absolute Gasteiger partial charge is 0.207 e. The van der Waals surface area contributed by atoms with Crippen LogP contribution in [0.4, 0.5) is 4.39 Å². The van der Waals surface area contributed by atoms with Gasteiger partial charge in [-0.3, -0.25) is 0 Å². The van der Waals surface area contributed by atoms with Crippen molar-refractivity contribution < 1.29 is 4.39 Å². The summed E-state index contributed by atoms with van der Waals surface area (Å²) in [5.74, 6) is 0. The molecule has 0 spiro atoms. The molecule has 0 rings (SSSR count). The summed E-state index contributed by atoms with van der Waals surface area (Å²) < 4.78 is 12.0. The van der Waals surface area contributed by atoms with Gasteiger partial charge in [0.1, 0.15) is 0 Å². The van der Waals surface area contributed by atoms with E-state index >= 15 is 0 Å². The van der Waals surface area contributed by atoms with Crippen LogP contribution >= 0.6 is 0 Å². The second-order valence-electron chi connectivity index (χ2n) is 2.96. The molecule has 0 aliphatic rings. The van der Waals surface area contributed by atoms with Crippen LogP contribution in [0, 0.1) is 0 Å². The van der Waals surface area contributed by atoms with Gasteiger partial charge in [0.2, 0.25) is 6.30 Å². The van der Waals surface area contributed by atoms with Gasteiger partial charge in [-0.15, -0.1) is 0 Å². The summed E-state index contributed by atoms with van der Waals surface area (Å²) in [5.41, 5.74) is -0.250. The Hall–Kier alpha value is -0.470. The summed E-state index contributed by atoms with van der Waals surface area (Å²) in [6, 6.07) is 0. The van der Waals surface area contributed by atoms with Gasteiger partial charge in [-0.05, 0) is 27.7 Å². The number of alkyl halides is 1. The first kappa shape index (κ1) is 8.53. The van der Waals surface area contributed by atoms with Gasteiger partial charge >= 0.3 is 0 Å². The molecule has 0 N–H and O–H groups in total. The average Bonchev–Trinajstić information content (AvgIpc) is 1.59. The van der Waals surface area contributed by atoms with E-state index < -0.39 is 6.30 Å². The molecule has 0 bridgehead atoms. The van der Waals surface area contributed by atoms with E-state index in [2.05, 4.69) is 10.2 Å². The van der Waals surface area contributed by atoms with Crippen LogP contribution in [0.1, 0.15) is 27.7 Å². The number of azo groups is 1. The van der Waals surface area contributed by atoms with E-state index in [-0.39, 0.29) is 5.54 Å². The zero-order chi connectivity index (χ0) is 7.49. The topological polar surface area (TPSA) is 24.7 Å². The van der Waals surface area contributed by atoms with Gasteiger partial charge in [0.25, 0.3) is 0 Å². The molecule has 1 atom stereocenters. The van der Waals surface area contributed by atoms with Gasteiger partial charge in [-0.1, -0.05) is 0 Å². The summed E-state index contributed by atoms with van der Waals surface area (Å²) >= 11 is 0. The summed E-state index contributed by atoms with van der Waals surface area (Å²) in [6.07, 6.45) is -1.18. The van der Waals surface area contributed by atoms with Crippen LogP contribution in [0.2, 0.25) is 0 Å². The molecule has 2 nitrogen and oxygen atoms in total. The Morgan fingerprint density at radius 1 is 1.33 bits per heavy atom. The molecule has 0 saturated carbocycles. The van der Waals surface area contributed by atoms with Crippen LogP contribution in [-0.4, -0.2) is 11.8 Å². The number of halogens is 1. The SMILES string of the molecule is CC(F)/N=N/C(C)(C)C. The Kier molecular flexibility index (Phi) is 2.74. The minimum absolute atomic E-state index is 0.250. The van der Waals surface area contributed by atoms with Crippen molar-refractivity contribution in [2.24, 2.45) is 10.2 Å². The quantitative estimate of drug-likeness (QED) is 0.387. The van der Waals surface area contributed by atoms with Crippen molar-refractivity contribution in [1.29, 1.82) is 0 Å². The Bertz CT molecular complexity index is 102. The predicted molar refractivity (Wildman–Crippen MR) is 35.2 cm³/mol. The number of hydrogen-bond donors (Lipinski definition) is 0. The molecular weight excluding hydrogens is 119 g/mol. The second-order valence-corrected chi connectivity index (χ2v) is 2.96. The maximum absolute atomic E-state index is 12.0. The van der Waals surface area contributed by atoms with E-state index in [0.717, 1.165) is 0 Å². The third-order valence-corrected chi connectivity index (χ3v) is 0.517. The van der Waals surface area contributed by atoms with E-state index in [4.69, 9.17) is 0 Å². The van der Waals surface area contributed by atoms with Crippen LogP contribution in [-0.2, 0) is 0 Å². The number of nitrogens with zero attached hydrogens (tertiary/aromatic N) is 2. The van der Waals surface area contributed by atoms with Crippen molar-refractivity contribution in [3.8, 4) is 0 Å². The van der Waals surface area contributed by atoms with Crippen molar-refractivity contribution in [3.63, 3.8) is 0 Å². The van der Waals surface area contributed by atoms with E-state index in [9.17, 15) is 4.39 Å². The highest BCUT2D eigenvalue weighted by Crippen LogP contribution is 2.07. The van der Waals surface area contributed by atoms with Crippen molar-refractivity contribution in [2.45, 2.75) is 39.5 Å². The summed E-state index contributed by atoms with van der Waals surface area (Å²) in [6.45, 7) is 6.98. The van der Waals surface area contributed by atoms with Crippen LogP contribution in [0.5, 0.6) is 0 Å². The Morgan fingerprint density at radius 3 is 1.89 bits per heavy atom. The van der Waals surface area contributed by atoms with Gasteiger partial charge in [0.05, 0.1) is 5.54 Å². The minimum atomic E-state index is -1.18. The molecule has 1 unspecified atom stereocenters. The standard InChI is InChI=1S/C6H13FN2/c1-5(7)8-9-6(2,3)4/h5H,1-4H3/b9-8+. The molecule has 0 saturated heterocycles. The normalized spacial score (nSPS) is 16.6. The van der Waals surface area contributed by atoms with Crippen LogP contribution < -0.4 is 0 Å². The minimum Gasteiger partial charge on any atom is -0.220 e. The summed E-state index contributed by atoms with van der Waals surface area (Å²) in [5, 5.41) is 7.06. The van der Waals surface area contributed by atoms with Crippen molar-refractivity contribution in [1.82, 2.24) is 0 Å². The second kappa shape index (κ2) is 2.90. The third-order valence-electron chi connectivity index (χ3n) is 0.517. The molecule has 0 aliphatic heterocycles. The fourth-order valence-corrected chi connectivity index (χ4v) is 0.253. The molecule has 0 aromatic heterocycles. The van der Waals surface area contributed by atoms with Crippen LogP contribution in [0.25, 0.3) is 0 Å². The van der Waals surface area contributed by atoms with Gasteiger partial charge in [0, 0.05) is 0 Å². The maximum atomic E-state index is 12.0. The summed E-state index contributed by atoms with van der Waals surface area (Å²) in [7, 11) is 0. The molecule has 3 heteroatoms. The fourth-order valence-electron chi connectivity index (χ4n) is 0.253. The van der Waals surface area contributed by atoms with E-state index in [1.54, 1.807) is 0 Å². The van der Waals surface area contributed by atoms with Gasteiger partial charge in [0.15, 0.2) is 0 Å². The molecule has 0 aromatic carbocycles. The van der Waals surface area contributed by atoms with Crippen LogP contribution in [0.15, 0.2) is 10.2 Å². The lowest BCUT2D eigenvalue weighted by molar-refractivity contribution is 0.344.